The molecule has 1 aliphatic heterocycles. The van der Waals surface area contributed by atoms with Gasteiger partial charge < -0.3 is 9.84 Å². The van der Waals surface area contributed by atoms with E-state index >= 15 is 0 Å². The first-order valence-corrected chi connectivity index (χ1v) is 7.08. The highest BCUT2D eigenvalue weighted by molar-refractivity contribution is 6.32. The van der Waals surface area contributed by atoms with E-state index < -0.39 is 30.7 Å². The van der Waals surface area contributed by atoms with Gasteiger partial charge in [-0.3, -0.25) is 4.79 Å². The third kappa shape index (κ3) is 4.14. The third-order valence-corrected chi connectivity index (χ3v) is 3.49. The van der Waals surface area contributed by atoms with Crippen LogP contribution in [0.25, 0.3) is 0 Å². The molecule has 1 unspecified atom stereocenters. The smallest absolute Gasteiger partial charge is 0.303 e. The van der Waals surface area contributed by atoms with Gasteiger partial charge in [-0.1, -0.05) is 18.5 Å². The summed E-state index contributed by atoms with van der Waals surface area (Å²) in [5.74, 6) is -5.46. The second-order valence-corrected chi connectivity index (χ2v) is 5.62. The van der Waals surface area contributed by atoms with Crippen LogP contribution in [0.15, 0.2) is 17.2 Å². The molecular formula is C14H14ClF3N2O3. The quantitative estimate of drug-likeness (QED) is 0.856. The maximum atomic E-state index is 14.1. The number of benzene rings is 1. The maximum absolute atomic E-state index is 14.1. The van der Waals surface area contributed by atoms with Crippen LogP contribution in [0, 0.1) is 11.7 Å². The molecule has 0 spiro atoms. The molecule has 0 saturated carbocycles. The number of ether oxygens (including phenoxy) is 1. The minimum Gasteiger partial charge on any atom is -0.483 e. The molecule has 0 aliphatic carbocycles. The summed E-state index contributed by atoms with van der Waals surface area (Å²) >= 11 is 5.89. The molecule has 23 heavy (non-hydrogen) atoms. The molecule has 1 atom stereocenters. The number of amides is 1. The topological polar surface area (TPSA) is 70.9 Å². The number of hydrogen-bond acceptors (Lipinski definition) is 4. The lowest BCUT2D eigenvalue weighted by atomic mass is 9.94. The lowest BCUT2D eigenvalue weighted by molar-refractivity contribution is -0.121. The fraction of sp³-hybridized carbons (Fsp3) is 0.429. The van der Waals surface area contributed by atoms with Gasteiger partial charge in [-0.05, 0) is 12.1 Å². The number of nitrogens with one attached hydrogen (secondary N) is 1. The molecule has 0 saturated heterocycles. The van der Waals surface area contributed by atoms with Gasteiger partial charge in [0.1, 0.15) is 6.61 Å². The van der Waals surface area contributed by atoms with E-state index in [1.165, 1.54) is 6.07 Å². The van der Waals surface area contributed by atoms with Crippen LogP contribution in [-0.2, 0) is 4.79 Å². The zero-order valence-electron chi connectivity index (χ0n) is 12.1. The fourth-order valence-corrected chi connectivity index (χ4v) is 2.33. The van der Waals surface area contributed by atoms with Crippen LogP contribution in [-0.4, -0.2) is 35.9 Å². The van der Waals surface area contributed by atoms with Gasteiger partial charge in [0, 0.05) is 17.9 Å². The molecule has 9 heteroatoms. The maximum Gasteiger partial charge on any atom is 0.303 e. The van der Waals surface area contributed by atoms with E-state index in [1.54, 1.807) is 6.92 Å². The van der Waals surface area contributed by atoms with E-state index in [1.807, 2.05) is 0 Å². The van der Waals surface area contributed by atoms with E-state index in [-0.39, 0.29) is 23.3 Å². The van der Waals surface area contributed by atoms with Crippen LogP contribution >= 0.6 is 11.6 Å². The van der Waals surface area contributed by atoms with Crippen LogP contribution in [0.5, 0.6) is 5.75 Å². The lowest BCUT2D eigenvalue weighted by Crippen LogP contribution is -2.32. The van der Waals surface area contributed by atoms with E-state index in [4.69, 9.17) is 16.7 Å². The molecule has 1 aromatic carbocycles. The van der Waals surface area contributed by atoms with Gasteiger partial charge in [-0.25, -0.2) is 18.6 Å². The van der Waals surface area contributed by atoms with E-state index in [9.17, 15) is 18.0 Å². The number of halogens is 4. The van der Waals surface area contributed by atoms with Crippen molar-refractivity contribution in [1.82, 2.24) is 5.43 Å². The summed E-state index contributed by atoms with van der Waals surface area (Å²) in [6.45, 7) is -0.874. The number of alkyl halides is 2. The highest BCUT2D eigenvalue weighted by atomic mass is 35.5. The molecule has 0 radical (unpaired) electrons. The summed E-state index contributed by atoms with van der Waals surface area (Å²) in [6, 6.07) is 2.37. The van der Waals surface area contributed by atoms with Crippen molar-refractivity contribution in [3.63, 3.8) is 0 Å². The first-order valence-electron chi connectivity index (χ1n) is 6.71. The average Bonchev–Trinajstić information content (AvgIpc) is 2.46. The van der Waals surface area contributed by atoms with Crippen LogP contribution in [0.1, 0.15) is 18.9 Å². The van der Waals surface area contributed by atoms with Crippen LogP contribution < -0.4 is 10.2 Å². The largest absolute Gasteiger partial charge is 0.483 e. The van der Waals surface area contributed by atoms with Gasteiger partial charge in [-0.15, -0.1) is 0 Å². The van der Waals surface area contributed by atoms with Gasteiger partial charge >= 0.3 is 5.92 Å². The summed E-state index contributed by atoms with van der Waals surface area (Å²) in [4.78, 5) is 11.2. The molecule has 1 heterocycles. The number of aliphatic hydroxyl groups is 1. The summed E-state index contributed by atoms with van der Waals surface area (Å²) in [6.07, 6.45) is 0.193. The third-order valence-electron chi connectivity index (χ3n) is 3.21. The Morgan fingerprint density at radius 3 is 2.78 bits per heavy atom. The predicted molar refractivity (Wildman–Crippen MR) is 77.4 cm³/mol. The van der Waals surface area contributed by atoms with Crippen LogP contribution in [0.3, 0.4) is 0 Å². The number of rotatable bonds is 5. The second-order valence-electron chi connectivity index (χ2n) is 5.21. The monoisotopic (exact) mass is 350 g/mol. The molecule has 0 fully saturated rings. The van der Waals surface area contributed by atoms with Gasteiger partial charge in [-0.2, -0.15) is 5.10 Å². The molecule has 0 bridgehead atoms. The van der Waals surface area contributed by atoms with Gasteiger partial charge in [0.25, 0.3) is 0 Å². The molecule has 2 rings (SSSR count). The molecule has 5 nitrogen and oxygen atoms in total. The van der Waals surface area contributed by atoms with Gasteiger partial charge in [0.05, 0.1) is 10.7 Å². The highest BCUT2D eigenvalue weighted by Gasteiger charge is 2.30. The van der Waals surface area contributed by atoms with Crippen molar-refractivity contribution in [2.75, 3.05) is 13.2 Å². The lowest BCUT2D eigenvalue weighted by Gasteiger charge is -2.20. The second kappa shape index (κ2) is 6.76. The van der Waals surface area contributed by atoms with Gasteiger partial charge in [0.15, 0.2) is 18.2 Å². The zero-order valence-corrected chi connectivity index (χ0v) is 12.8. The number of carbonyl (C=O) groups excluding carboxylic acids is 1. The SMILES string of the molecule is CC1CC(=O)NN=C1c1cc(F)c(OCC(F)(F)CO)c(Cl)c1. The number of hydrogen-bond donors (Lipinski definition) is 2. The Bertz CT molecular complexity index is 629. The number of carbonyl (C=O) groups is 1. The number of aliphatic hydroxyl groups excluding tert-OH is 1. The summed E-state index contributed by atoms with van der Waals surface area (Å²) in [7, 11) is 0. The van der Waals surface area contributed by atoms with Crippen molar-refractivity contribution < 1.29 is 27.8 Å². The summed E-state index contributed by atoms with van der Waals surface area (Å²) in [5, 5.41) is 12.1. The molecule has 1 aliphatic rings. The van der Waals surface area contributed by atoms with Crippen molar-refractivity contribution in [3.8, 4) is 5.75 Å². The van der Waals surface area contributed by atoms with Crippen molar-refractivity contribution in [2.24, 2.45) is 11.0 Å². The van der Waals surface area contributed by atoms with E-state index in [0.717, 1.165) is 6.07 Å². The number of hydrazone groups is 1. The van der Waals surface area contributed by atoms with E-state index in [0.29, 0.717) is 11.3 Å². The van der Waals surface area contributed by atoms with Crippen molar-refractivity contribution in [3.05, 3.63) is 28.5 Å². The Hall–Kier alpha value is -1.80. The van der Waals surface area contributed by atoms with Crippen molar-refractivity contribution >= 4 is 23.2 Å². The molecule has 1 aromatic rings. The first kappa shape index (κ1) is 17.6. The molecule has 0 aromatic heterocycles. The Morgan fingerprint density at radius 2 is 2.22 bits per heavy atom. The van der Waals surface area contributed by atoms with E-state index in [2.05, 4.69) is 15.3 Å². The molecule has 1 amide bonds. The van der Waals surface area contributed by atoms with Crippen molar-refractivity contribution in [2.45, 2.75) is 19.3 Å². The minimum atomic E-state index is -3.50. The van der Waals surface area contributed by atoms with Crippen LogP contribution in [0.2, 0.25) is 5.02 Å². The average molecular weight is 351 g/mol. The molecule has 2 N–H and O–H groups in total. The van der Waals surface area contributed by atoms with Gasteiger partial charge in [0.2, 0.25) is 5.91 Å². The zero-order chi connectivity index (χ0) is 17.2. The minimum absolute atomic E-state index is 0.193. The highest BCUT2D eigenvalue weighted by Crippen LogP contribution is 2.32. The Balaban J connectivity index is 2.25. The summed E-state index contributed by atoms with van der Waals surface area (Å²) < 4.78 is 44.7. The molecular weight excluding hydrogens is 337 g/mol. The van der Waals surface area contributed by atoms with Crippen LogP contribution in [0.4, 0.5) is 13.2 Å². The standard InChI is InChI=1S/C14H14ClF3N2O3/c1-7-2-11(22)19-20-12(7)8-3-9(15)13(10(16)4-8)23-6-14(17,18)5-21/h3-4,7,21H,2,5-6H2,1H3,(H,19,22). The summed E-state index contributed by atoms with van der Waals surface area (Å²) in [5.41, 5.74) is 3.04. The Kier molecular flexibility index (Phi) is 5.16. The predicted octanol–water partition coefficient (Wildman–Crippen LogP) is 2.35. The Morgan fingerprint density at radius 1 is 1.52 bits per heavy atom. The normalized spacial score (nSPS) is 18.4. The Labute approximate surface area is 135 Å². The first-order chi connectivity index (χ1) is 10.7. The molecule has 126 valence electrons. The fourth-order valence-electron chi connectivity index (χ4n) is 2.07. The number of nitrogens with zero attached hydrogens (tertiary/aromatic N) is 1. The van der Waals surface area contributed by atoms with Crippen molar-refractivity contribution in [1.29, 1.82) is 0 Å².